The Hall–Kier alpha value is -0.570. The first kappa shape index (κ1) is 15.5. The van der Waals surface area contributed by atoms with Gasteiger partial charge in [0.25, 0.3) is 0 Å². The average Bonchev–Trinajstić information content (AvgIpc) is 2.34. The Morgan fingerprint density at radius 2 is 1.78 bits per heavy atom. The lowest BCUT2D eigenvalue weighted by Crippen LogP contribution is -2.31. The third-order valence-corrected chi connectivity index (χ3v) is 4.13. The molecule has 0 aromatic rings. The van der Waals surface area contributed by atoms with Gasteiger partial charge in [-0.1, -0.05) is 46.0 Å². The Kier molecular flexibility index (Phi) is 6.69. The molecule has 18 heavy (non-hydrogen) atoms. The van der Waals surface area contributed by atoms with Crippen molar-refractivity contribution in [3.8, 4) is 0 Å². The van der Waals surface area contributed by atoms with Crippen molar-refractivity contribution in [3.05, 3.63) is 0 Å². The summed E-state index contributed by atoms with van der Waals surface area (Å²) in [7, 11) is 0. The summed E-state index contributed by atoms with van der Waals surface area (Å²) in [5.41, 5.74) is 0. The lowest BCUT2D eigenvalue weighted by Gasteiger charge is -2.27. The fraction of sp³-hybridized carbons (Fsp3) is 0.933. The summed E-state index contributed by atoms with van der Waals surface area (Å²) in [5, 5.41) is 19.4. The molecular formula is C15H28O3. The van der Waals surface area contributed by atoms with Gasteiger partial charge < -0.3 is 10.2 Å². The first-order valence-corrected chi connectivity index (χ1v) is 7.41. The van der Waals surface area contributed by atoms with Gasteiger partial charge in [-0.2, -0.15) is 0 Å². The summed E-state index contributed by atoms with van der Waals surface area (Å²) in [6.07, 6.45) is 7.50. The molecule has 0 amide bonds. The molecule has 0 saturated heterocycles. The Bertz CT molecular complexity index is 244. The van der Waals surface area contributed by atoms with Gasteiger partial charge in [0.2, 0.25) is 0 Å². The quantitative estimate of drug-likeness (QED) is 0.733. The predicted octanol–water partition coefficient (Wildman–Crippen LogP) is 3.45. The molecule has 0 radical (unpaired) electrons. The minimum Gasteiger partial charge on any atom is -0.481 e. The molecule has 0 bridgehead atoms. The zero-order valence-corrected chi connectivity index (χ0v) is 11.8. The normalized spacial score (nSPS) is 20.9. The molecule has 0 spiro atoms. The Morgan fingerprint density at radius 3 is 2.28 bits per heavy atom. The van der Waals surface area contributed by atoms with Crippen LogP contribution in [0.1, 0.15) is 65.2 Å². The summed E-state index contributed by atoms with van der Waals surface area (Å²) in [6, 6.07) is 0. The topological polar surface area (TPSA) is 57.5 Å². The summed E-state index contributed by atoms with van der Waals surface area (Å²) >= 11 is 0. The molecule has 1 aliphatic carbocycles. The average molecular weight is 256 g/mol. The van der Waals surface area contributed by atoms with Gasteiger partial charge in [-0.05, 0) is 31.1 Å². The van der Waals surface area contributed by atoms with Gasteiger partial charge in [0.05, 0.1) is 12.0 Å². The van der Waals surface area contributed by atoms with E-state index in [-0.39, 0.29) is 0 Å². The molecule has 0 heterocycles. The van der Waals surface area contributed by atoms with E-state index in [0.29, 0.717) is 24.7 Å². The molecule has 0 aromatic carbocycles. The second-order valence-electron chi connectivity index (χ2n) is 6.22. The van der Waals surface area contributed by atoms with Gasteiger partial charge >= 0.3 is 5.97 Å². The number of aliphatic carboxylic acids is 1. The molecule has 1 rings (SSSR count). The number of rotatable bonds is 7. The van der Waals surface area contributed by atoms with Crippen molar-refractivity contribution in [3.63, 3.8) is 0 Å². The number of carboxylic acids is 1. The zero-order chi connectivity index (χ0) is 13.5. The first-order valence-electron chi connectivity index (χ1n) is 7.41. The van der Waals surface area contributed by atoms with Crippen LogP contribution in [0.25, 0.3) is 0 Å². The van der Waals surface area contributed by atoms with Crippen LogP contribution in [-0.4, -0.2) is 22.3 Å². The summed E-state index contributed by atoms with van der Waals surface area (Å²) in [4.78, 5) is 11.3. The first-order chi connectivity index (χ1) is 8.50. The van der Waals surface area contributed by atoms with E-state index in [9.17, 15) is 15.0 Å². The second kappa shape index (κ2) is 7.78. The maximum absolute atomic E-state index is 11.3. The Balaban J connectivity index is 2.44. The SMILES string of the molecule is CC(C)CCC(O)C(CC1CCCCC1)C(=O)O. The van der Waals surface area contributed by atoms with Crippen LogP contribution in [0.4, 0.5) is 0 Å². The lowest BCUT2D eigenvalue weighted by atomic mass is 9.80. The molecule has 3 heteroatoms. The van der Waals surface area contributed by atoms with Gasteiger partial charge in [-0.25, -0.2) is 0 Å². The third kappa shape index (κ3) is 5.38. The van der Waals surface area contributed by atoms with E-state index in [1.807, 2.05) is 0 Å². The van der Waals surface area contributed by atoms with E-state index in [4.69, 9.17) is 0 Å². The van der Waals surface area contributed by atoms with Crippen molar-refractivity contribution in [1.29, 1.82) is 0 Å². The monoisotopic (exact) mass is 256 g/mol. The highest BCUT2D eigenvalue weighted by molar-refractivity contribution is 5.70. The highest BCUT2D eigenvalue weighted by Crippen LogP contribution is 2.31. The second-order valence-corrected chi connectivity index (χ2v) is 6.22. The zero-order valence-electron chi connectivity index (χ0n) is 11.8. The maximum Gasteiger partial charge on any atom is 0.309 e. The van der Waals surface area contributed by atoms with Crippen molar-refractivity contribution >= 4 is 5.97 Å². The van der Waals surface area contributed by atoms with Gasteiger partial charge in [-0.3, -0.25) is 4.79 Å². The molecule has 1 fully saturated rings. The number of aliphatic hydroxyl groups is 1. The van der Waals surface area contributed by atoms with E-state index in [0.717, 1.165) is 19.3 Å². The molecule has 106 valence electrons. The fourth-order valence-corrected chi connectivity index (χ4v) is 2.91. The lowest BCUT2D eigenvalue weighted by molar-refractivity contribution is -0.147. The largest absolute Gasteiger partial charge is 0.481 e. The van der Waals surface area contributed by atoms with Crippen molar-refractivity contribution in [2.75, 3.05) is 0 Å². The van der Waals surface area contributed by atoms with Crippen LogP contribution < -0.4 is 0 Å². The van der Waals surface area contributed by atoms with E-state index >= 15 is 0 Å². The highest BCUT2D eigenvalue weighted by atomic mass is 16.4. The van der Waals surface area contributed by atoms with Crippen LogP contribution in [0.5, 0.6) is 0 Å². The van der Waals surface area contributed by atoms with Crippen LogP contribution in [0.3, 0.4) is 0 Å². The minimum absolute atomic E-state index is 0.508. The van der Waals surface area contributed by atoms with Crippen LogP contribution >= 0.6 is 0 Å². The highest BCUT2D eigenvalue weighted by Gasteiger charge is 2.29. The standard InChI is InChI=1S/C15H28O3/c1-11(2)8-9-14(16)13(15(17)18)10-12-6-4-3-5-7-12/h11-14,16H,3-10H2,1-2H3,(H,17,18). The third-order valence-electron chi connectivity index (χ3n) is 4.13. The van der Waals surface area contributed by atoms with E-state index in [1.165, 1.54) is 19.3 Å². The van der Waals surface area contributed by atoms with E-state index in [1.54, 1.807) is 0 Å². The molecule has 0 aromatic heterocycles. The molecule has 3 nitrogen and oxygen atoms in total. The van der Waals surface area contributed by atoms with Crippen LogP contribution in [0.15, 0.2) is 0 Å². The van der Waals surface area contributed by atoms with Gasteiger partial charge in [0, 0.05) is 0 Å². The molecular weight excluding hydrogens is 228 g/mol. The summed E-state index contributed by atoms with van der Waals surface area (Å²) in [6.45, 7) is 4.20. The summed E-state index contributed by atoms with van der Waals surface area (Å²) < 4.78 is 0. The van der Waals surface area contributed by atoms with Gasteiger partial charge in [-0.15, -0.1) is 0 Å². The van der Waals surface area contributed by atoms with Gasteiger partial charge in [0.15, 0.2) is 0 Å². The smallest absolute Gasteiger partial charge is 0.309 e. The van der Waals surface area contributed by atoms with Crippen molar-refractivity contribution in [2.45, 2.75) is 71.3 Å². The number of carbonyl (C=O) groups is 1. The predicted molar refractivity (Wildman–Crippen MR) is 72.4 cm³/mol. The van der Waals surface area contributed by atoms with E-state index in [2.05, 4.69) is 13.8 Å². The van der Waals surface area contributed by atoms with Crippen molar-refractivity contribution in [2.24, 2.45) is 17.8 Å². The number of aliphatic hydroxyl groups excluding tert-OH is 1. The van der Waals surface area contributed by atoms with Crippen LogP contribution in [0.2, 0.25) is 0 Å². The molecule has 1 saturated carbocycles. The molecule has 1 aliphatic rings. The molecule has 0 aliphatic heterocycles. The summed E-state index contributed by atoms with van der Waals surface area (Å²) in [5.74, 6) is -0.360. The molecule has 2 N–H and O–H groups in total. The fourth-order valence-electron chi connectivity index (χ4n) is 2.91. The molecule has 2 atom stereocenters. The molecule has 2 unspecified atom stereocenters. The van der Waals surface area contributed by atoms with Crippen LogP contribution in [0, 0.1) is 17.8 Å². The number of hydrogen-bond donors (Lipinski definition) is 2. The Labute approximate surface area is 111 Å². The number of carboxylic acid groups (broad SMARTS) is 1. The minimum atomic E-state index is -0.822. The van der Waals surface area contributed by atoms with Crippen molar-refractivity contribution < 1.29 is 15.0 Å². The van der Waals surface area contributed by atoms with Gasteiger partial charge in [0.1, 0.15) is 0 Å². The number of hydrogen-bond acceptors (Lipinski definition) is 2. The van der Waals surface area contributed by atoms with Crippen molar-refractivity contribution in [1.82, 2.24) is 0 Å². The maximum atomic E-state index is 11.3. The Morgan fingerprint density at radius 1 is 1.17 bits per heavy atom. The van der Waals surface area contributed by atoms with E-state index < -0.39 is 18.0 Å². The van der Waals surface area contributed by atoms with Crippen LogP contribution in [-0.2, 0) is 4.79 Å².